The highest BCUT2D eigenvalue weighted by Gasteiger charge is 2.14. The fourth-order valence-electron chi connectivity index (χ4n) is 2.58. The predicted molar refractivity (Wildman–Crippen MR) is 112 cm³/mol. The van der Waals surface area contributed by atoms with E-state index in [4.69, 9.17) is 27.4 Å². The Morgan fingerprint density at radius 1 is 1.31 bits per heavy atom. The van der Waals surface area contributed by atoms with Gasteiger partial charge in [-0.05, 0) is 37.3 Å². The number of rotatable bonds is 5. The molecule has 1 aliphatic rings. The standard InChI is InChI=1S/C18H18N8O2S/c1-10-20-8-14(22-10)13-5-12(7-21-26(2)17(19)29)24-18(25-13)23-11-3-4-15-16(6-11)28-9-27-15/h3-8H,9H2,1-2H3,(H2,19,29)(H,20,22)(H,23,24,25). The minimum absolute atomic E-state index is 0.151. The zero-order valence-electron chi connectivity index (χ0n) is 15.7. The number of anilines is 2. The maximum absolute atomic E-state index is 5.56. The lowest BCUT2D eigenvalue weighted by Gasteiger charge is -2.10. The Labute approximate surface area is 171 Å². The molecular weight excluding hydrogens is 392 g/mol. The zero-order chi connectivity index (χ0) is 20.4. The number of benzene rings is 1. The van der Waals surface area contributed by atoms with Gasteiger partial charge >= 0.3 is 0 Å². The van der Waals surface area contributed by atoms with Gasteiger partial charge in [0, 0.05) is 18.8 Å². The minimum Gasteiger partial charge on any atom is -0.454 e. The van der Waals surface area contributed by atoms with Crippen molar-refractivity contribution in [1.82, 2.24) is 24.9 Å². The van der Waals surface area contributed by atoms with E-state index >= 15 is 0 Å². The van der Waals surface area contributed by atoms with Gasteiger partial charge in [0.05, 0.1) is 29.5 Å². The van der Waals surface area contributed by atoms with Crippen LogP contribution < -0.4 is 20.5 Å². The van der Waals surface area contributed by atoms with Crippen molar-refractivity contribution in [3.05, 3.63) is 42.0 Å². The quantitative estimate of drug-likeness (QED) is 0.329. The van der Waals surface area contributed by atoms with Gasteiger partial charge in [0.2, 0.25) is 12.7 Å². The Balaban J connectivity index is 1.68. The molecule has 4 rings (SSSR count). The summed E-state index contributed by atoms with van der Waals surface area (Å²) in [6, 6.07) is 7.30. The molecule has 0 amide bonds. The normalized spacial score (nSPS) is 12.3. The summed E-state index contributed by atoms with van der Waals surface area (Å²) in [7, 11) is 1.66. The van der Waals surface area contributed by atoms with Crippen LogP contribution in [0.3, 0.4) is 0 Å². The van der Waals surface area contributed by atoms with Crippen LogP contribution in [0, 0.1) is 6.92 Å². The van der Waals surface area contributed by atoms with Crippen LogP contribution in [-0.2, 0) is 0 Å². The van der Waals surface area contributed by atoms with Crippen LogP contribution in [-0.4, -0.2) is 50.1 Å². The molecule has 29 heavy (non-hydrogen) atoms. The predicted octanol–water partition coefficient (Wildman–Crippen LogP) is 2.16. The molecule has 0 bridgehead atoms. The van der Waals surface area contributed by atoms with Crippen LogP contribution in [0.25, 0.3) is 11.4 Å². The average Bonchev–Trinajstić information content (AvgIpc) is 3.34. The van der Waals surface area contributed by atoms with E-state index in [0.717, 1.165) is 17.2 Å². The van der Waals surface area contributed by atoms with Crippen LogP contribution in [0.4, 0.5) is 11.6 Å². The third kappa shape index (κ3) is 4.24. The monoisotopic (exact) mass is 410 g/mol. The summed E-state index contributed by atoms with van der Waals surface area (Å²) in [5.74, 6) is 2.53. The van der Waals surface area contributed by atoms with Gasteiger partial charge in [0.1, 0.15) is 5.82 Å². The Bertz CT molecular complexity index is 1100. The number of ether oxygens (including phenoxy) is 2. The number of fused-ring (bicyclic) bond motifs is 1. The molecule has 3 heterocycles. The Morgan fingerprint density at radius 3 is 2.90 bits per heavy atom. The number of H-pyrrole nitrogens is 1. The van der Waals surface area contributed by atoms with Gasteiger partial charge in [0.15, 0.2) is 16.6 Å². The van der Waals surface area contributed by atoms with Gasteiger partial charge in [-0.3, -0.25) is 0 Å². The summed E-state index contributed by atoms with van der Waals surface area (Å²) in [4.78, 5) is 16.5. The van der Waals surface area contributed by atoms with Crippen molar-refractivity contribution in [3.63, 3.8) is 0 Å². The molecule has 0 saturated carbocycles. The second-order valence-electron chi connectivity index (χ2n) is 6.18. The number of hydrogen-bond donors (Lipinski definition) is 3. The highest BCUT2D eigenvalue weighted by Crippen LogP contribution is 2.34. The van der Waals surface area contributed by atoms with E-state index in [1.165, 1.54) is 5.01 Å². The molecular formula is C18H18N8O2S. The number of hydrazone groups is 1. The van der Waals surface area contributed by atoms with E-state index in [1.54, 1.807) is 25.5 Å². The smallest absolute Gasteiger partial charge is 0.231 e. The lowest BCUT2D eigenvalue weighted by Crippen LogP contribution is -2.27. The summed E-state index contributed by atoms with van der Waals surface area (Å²) in [6.45, 7) is 2.08. The van der Waals surface area contributed by atoms with E-state index in [0.29, 0.717) is 28.8 Å². The van der Waals surface area contributed by atoms with E-state index < -0.39 is 0 Å². The number of imidazole rings is 1. The molecule has 4 N–H and O–H groups in total. The molecule has 10 nitrogen and oxygen atoms in total. The summed E-state index contributed by atoms with van der Waals surface area (Å²) < 4.78 is 10.8. The summed E-state index contributed by atoms with van der Waals surface area (Å²) in [5, 5.41) is 8.90. The Hall–Kier alpha value is -3.73. The second kappa shape index (κ2) is 7.72. The largest absolute Gasteiger partial charge is 0.454 e. The molecule has 1 aromatic carbocycles. The van der Waals surface area contributed by atoms with Gasteiger partial charge in [-0.25, -0.2) is 20.0 Å². The molecule has 0 radical (unpaired) electrons. The van der Waals surface area contributed by atoms with E-state index in [-0.39, 0.29) is 11.9 Å². The van der Waals surface area contributed by atoms with Crippen molar-refractivity contribution in [3.8, 4) is 22.9 Å². The van der Waals surface area contributed by atoms with Crippen molar-refractivity contribution in [2.75, 3.05) is 19.2 Å². The highest BCUT2D eigenvalue weighted by atomic mass is 32.1. The minimum atomic E-state index is 0.151. The van der Waals surface area contributed by atoms with Gasteiger partial charge in [-0.15, -0.1) is 0 Å². The van der Waals surface area contributed by atoms with E-state index in [1.807, 2.05) is 25.1 Å². The molecule has 11 heteroatoms. The van der Waals surface area contributed by atoms with Crippen LogP contribution in [0.2, 0.25) is 0 Å². The Kier molecular flexibility index (Phi) is 4.96. The molecule has 3 aromatic rings. The number of aromatic nitrogens is 4. The van der Waals surface area contributed by atoms with Crippen LogP contribution in [0.1, 0.15) is 11.5 Å². The van der Waals surface area contributed by atoms with Gasteiger partial charge < -0.3 is 25.5 Å². The van der Waals surface area contributed by atoms with Crippen molar-refractivity contribution in [2.45, 2.75) is 6.92 Å². The molecule has 0 atom stereocenters. The number of hydrogen-bond acceptors (Lipinski definition) is 8. The zero-order valence-corrected chi connectivity index (χ0v) is 16.5. The lowest BCUT2D eigenvalue weighted by atomic mass is 10.2. The SMILES string of the molecule is Cc1ncc(-c2cc(C=NN(C)C(N)=S)nc(Nc3ccc4c(c3)OCO4)n2)[nH]1. The van der Waals surface area contributed by atoms with E-state index in [9.17, 15) is 0 Å². The van der Waals surface area contributed by atoms with E-state index in [2.05, 4.69) is 30.4 Å². The molecule has 0 spiro atoms. The summed E-state index contributed by atoms with van der Waals surface area (Å²) in [5.41, 5.74) is 8.30. The number of nitrogens with zero attached hydrogens (tertiary/aromatic N) is 5. The first-order valence-corrected chi connectivity index (χ1v) is 9.03. The summed E-state index contributed by atoms with van der Waals surface area (Å²) >= 11 is 4.90. The van der Waals surface area contributed by atoms with Crippen molar-refractivity contribution in [2.24, 2.45) is 10.8 Å². The Morgan fingerprint density at radius 2 is 2.14 bits per heavy atom. The van der Waals surface area contributed by atoms with Crippen LogP contribution in [0.15, 0.2) is 35.6 Å². The molecule has 0 aliphatic carbocycles. The number of nitrogens with two attached hydrogens (primary N) is 1. The number of thiocarbonyl (C=S) groups is 1. The maximum atomic E-state index is 5.56. The first kappa shape index (κ1) is 18.6. The molecule has 1 aliphatic heterocycles. The van der Waals surface area contributed by atoms with Gasteiger partial charge in [-0.1, -0.05) is 0 Å². The second-order valence-corrected chi connectivity index (χ2v) is 6.60. The first-order chi connectivity index (χ1) is 14.0. The van der Waals surface area contributed by atoms with Gasteiger partial charge in [-0.2, -0.15) is 5.10 Å². The molecule has 0 saturated heterocycles. The van der Waals surface area contributed by atoms with Gasteiger partial charge in [0.25, 0.3) is 0 Å². The lowest BCUT2D eigenvalue weighted by molar-refractivity contribution is 0.174. The van der Waals surface area contributed by atoms with Crippen molar-refractivity contribution < 1.29 is 9.47 Å². The van der Waals surface area contributed by atoms with Crippen LogP contribution in [0.5, 0.6) is 11.5 Å². The van der Waals surface area contributed by atoms with Crippen molar-refractivity contribution in [1.29, 1.82) is 0 Å². The number of nitrogens with one attached hydrogen (secondary N) is 2. The third-order valence-corrected chi connectivity index (χ3v) is 4.30. The number of aromatic amines is 1. The fourth-order valence-corrected chi connectivity index (χ4v) is 2.63. The fraction of sp³-hybridized carbons (Fsp3) is 0.167. The molecule has 0 unspecified atom stereocenters. The summed E-state index contributed by atoms with van der Waals surface area (Å²) in [6.07, 6.45) is 3.27. The topological polar surface area (TPSA) is 127 Å². The average molecular weight is 410 g/mol. The third-order valence-electron chi connectivity index (χ3n) is 4.04. The molecule has 148 valence electrons. The first-order valence-electron chi connectivity index (χ1n) is 8.63. The maximum Gasteiger partial charge on any atom is 0.231 e. The molecule has 0 fully saturated rings. The number of aryl methyl sites for hydroxylation is 1. The van der Waals surface area contributed by atoms with Crippen LogP contribution >= 0.6 is 12.2 Å². The highest BCUT2D eigenvalue weighted by molar-refractivity contribution is 7.80. The van der Waals surface area contributed by atoms with Crippen molar-refractivity contribution >= 4 is 35.2 Å². The molecule has 2 aromatic heterocycles.